The van der Waals surface area contributed by atoms with E-state index in [0.29, 0.717) is 5.88 Å². The fourth-order valence-corrected chi connectivity index (χ4v) is 1.35. The number of imidazole rings is 1. The van der Waals surface area contributed by atoms with Gasteiger partial charge in [0.1, 0.15) is 0 Å². The number of fused-ring (bicyclic) bond motifs is 1. The number of rotatable bonds is 3. The van der Waals surface area contributed by atoms with Gasteiger partial charge in [-0.3, -0.25) is 0 Å². The fraction of sp³-hybridized carbons (Fsp3) is 0.200. The van der Waals surface area contributed by atoms with Crippen LogP contribution in [0, 0.1) is 0 Å². The molecule has 0 aliphatic rings. The highest BCUT2D eigenvalue weighted by Gasteiger charge is 1.96. The van der Waals surface area contributed by atoms with Crippen molar-refractivity contribution >= 4 is 28.8 Å². The summed E-state index contributed by atoms with van der Waals surface area (Å²) >= 11 is 5.56. The van der Waals surface area contributed by atoms with E-state index < -0.39 is 0 Å². The predicted molar refractivity (Wildman–Crippen MR) is 58.3 cm³/mol. The standard InChI is InChI=1S/C10H10ClN3/c11-4-2-1-3-8-5-9-10(12-6-8)14-7-13-9/h1,3,5-7H,2,4H2,(H,12,13,14). The summed E-state index contributed by atoms with van der Waals surface area (Å²) in [6, 6.07) is 2.01. The van der Waals surface area contributed by atoms with Gasteiger partial charge in [-0.2, -0.15) is 0 Å². The SMILES string of the molecule is ClCCC=Cc1cnc2nc[nH]c2c1. The Bertz CT molecular complexity index is 447. The number of aromatic nitrogens is 3. The van der Waals surface area contributed by atoms with Crippen LogP contribution >= 0.6 is 11.6 Å². The smallest absolute Gasteiger partial charge is 0.177 e. The second kappa shape index (κ2) is 4.24. The summed E-state index contributed by atoms with van der Waals surface area (Å²) < 4.78 is 0. The molecule has 0 saturated carbocycles. The first-order valence-electron chi connectivity index (χ1n) is 4.42. The Hall–Kier alpha value is -1.35. The molecule has 0 spiro atoms. The number of nitrogens with one attached hydrogen (secondary N) is 1. The molecule has 14 heavy (non-hydrogen) atoms. The first-order chi connectivity index (χ1) is 6.90. The van der Waals surface area contributed by atoms with Gasteiger partial charge in [0.2, 0.25) is 0 Å². The molecule has 0 aliphatic carbocycles. The van der Waals surface area contributed by atoms with Crippen LogP contribution in [0.2, 0.25) is 0 Å². The molecule has 0 bridgehead atoms. The van der Waals surface area contributed by atoms with Crippen molar-refractivity contribution in [3.05, 3.63) is 30.2 Å². The van der Waals surface area contributed by atoms with Crippen LogP contribution in [0.15, 0.2) is 24.7 Å². The molecule has 0 saturated heterocycles. The predicted octanol–water partition coefficient (Wildman–Crippen LogP) is 2.60. The zero-order chi connectivity index (χ0) is 9.80. The van der Waals surface area contributed by atoms with Crippen LogP contribution in [-0.2, 0) is 0 Å². The number of hydrogen-bond acceptors (Lipinski definition) is 2. The van der Waals surface area contributed by atoms with E-state index in [9.17, 15) is 0 Å². The van der Waals surface area contributed by atoms with Gasteiger partial charge in [-0.15, -0.1) is 11.6 Å². The van der Waals surface area contributed by atoms with Crippen LogP contribution in [0.25, 0.3) is 17.2 Å². The molecule has 4 heteroatoms. The van der Waals surface area contributed by atoms with Crippen molar-refractivity contribution in [1.82, 2.24) is 15.0 Å². The maximum atomic E-state index is 5.56. The molecular formula is C10H10ClN3. The average molecular weight is 208 g/mol. The van der Waals surface area contributed by atoms with Gasteiger partial charge in [-0.1, -0.05) is 12.2 Å². The molecule has 2 aromatic heterocycles. The normalized spacial score (nSPS) is 11.5. The molecule has 0 amide bonds. The highest BCUT2D eigenvalue weighted by atomic mass is 35.5. The van der Waals surface area contributed by atoms with Crippen LogP contribution in [0.5, 0.6) is 0 Å². The largest absolute Gasteiger partial charge is 0.343 e. The summed E-state index contributed by atoms with van der Waals surface area (Å²) in [6.07, 6.45) is 8.36. The zero-order valence-electron chi connectivity index (χ0n) is 7.57. The molecule has 0 radical (unpaired) electrons. The molecule has 0 fully saturated rings. The minimum absolute atomic E-state index is 0.649. The Labute approximate surface area is 86.8 Å². The minimum atomic E-state index is 0.649. The first-order valence-corrected chi connectivity index (χ1v) is 4.95. The minimum Gasteiger partial charge on any atom is -0.343 e. The number of halogens is 1. The van der Waals surface area contributed by atoms with Crippen molar-refractivity contribution in [3.63, 3.8) is 0 Å². The summed E-state index contributed by atoms with van der Waals surface area (Å²) in [5.74, 6) is 0.649. The molecular weight excluding hydrogens is 198 g/mol. The second-order valence-electron chi connectivity index (χ2n) is 2.92. The van der Waals surface area contributed by atoms with Crippen molar-refractivity contribution in [1.29, 1.82) is 0 Å². The lowest BCUT2D eigenvalue weighted by Gasteiger charge is -1.92. The second-order valence-corrected chi connectivity index (χ2v) is 3.30. The Morgan fingerprint density at radius 1 is 1.43 bits per heavy atom. The number of allylic oxidation sites excluding steroid dienone is 1. The third-order valence-electron chi connectivity index (χ3n) is 1.88. The number of nitrogens with zero attached hydrogens (tertiary/aromatic N) is 2. The quantitative estimate of drug-likeness (QED) is 0.787. The van der Waals surface area contributed by atoms with Crippen molar-refractivity contribution in [2.75, 3.05) is 5.88 Å². The third-order valence-corrected chi connectivity index (χ3v) is 2.10. The van der Waals surface area contributed by atoms with Crippen LogP contribution in [-0.4, -0.2) is 20.8 Å². The molecule has 3 nitrogen and oxygen atoms in total. The van der Waals surface area contributed by atoms with Crippen molar-refractivity contribution < 1.29 is 0 Å². The molecule has 1 N–H and O–H groups in total. The fourth-order valence-electron chi connectivity index (χ4n) is 1.22. The topological polar surface area (TPSA) is 41.6 Å². The highest BCUT2D eigenvalue weighted by molar-refractivity contribution is 6.17. The van der Waals surface area contributed by atoms with E-state index >= 15 is 0 Å². The third kappa shape index (κ3) is 1.93. The molecule has 0 aliphatic heterocycles. The summed E-state index contributed by atoms with van der Waals surface area (Å²) in [5, 5.41) is 0. The van der Waals surface area contributed by atoms with E-state index in [-0.39, 0.29) is 0 Å². The van der Waals surface area contributed by atoms with Gasteiger partial charge in [0.25, 0.3) is 0 Å². The number of alkyl halides is 1. The molecule has 0 unspecified atom stereocenters. The lowest BCUT2D eigenvalue weighted by atomic mass is 10.2. The van der Waals surface area contributed by atoms with Crippen molar-refractivity contribution in [2.45, 2.75) is 6.42 Å². The van der Waals surface area contributed by atoms with E-state index in [0.717, 1.165) is 23.1 Å². The monoisotopic (exact) mass is 207 g/mol. The number of H-pyrrole nitrogens is 1. The van der Waals surface area contributed by atoms with E-state index in [4.69, 9.17) is 11.6 Å². The Morgan fingerprint density at radius 3 is 3.21 bits per heavy atom. The van der Waals surface area contributed by atoms with Crippen LogP contribution in [0.3, 0.4) is 0 Å². The summed E-state index contributed by atoms with van der Waals surface area (Å²) in [4.78, 5) is 11.3. The maximum Gasteiger partial charge on any atom is 0.177 e. The Morgan fingerprint density at radius 2 is 2.36 bits per heavy atom. The highest BCUT2D eigenvalue weighted by Crippen LogP contribution is 2.09. The molecule has 0 atom stereocenters. The number of hydrogen-bond donors (Lipinski definition) is 1. The molecule has 2 heterocycles. The van der Waals surface area contributed by atoms with Gasteiger partial charge in [0.15, 0.2) is 5.65 Å². The van der Waals surface area contributed by atoms with Gasteiger partial charge in [0, 0.05) is 12.1 Å². The summed E-state index contributed by atoms with van der Waals surface area (Å²) in [6.45, 7) is 0. The molecule has 2 aromatic rings. The van der Waals surface area contributed by atoms with Gasteiger partial charge in [0.05, 0.1) is 11.8 Å². The van der Waals surface area contributed by atoms with Crippen LogP contribution < -0.4 is 0 Å². The van der Waals surface area contributed by atoms with Crippen molar-refractivity contribution in [2.24, 2.45) is 0 Å². The average Bonchev–Trinajstić information content (AvgIpc) is 2.65. The Kier molecular flexibility index (Phi) is 2.79. The molecule has 0 aromatic carbocycles. The molecule has 2 rings (SSSR count). The maximum absolute atomic E-state index is 5.56. The summed E-state index contributed by atoms with van der Waals surface area (Å²) in [7, 11) is 0. The number of aromatic amines is 1. The van der Waals surface area contributed by atoms with E-state index in [1.54, 1.807) is 12.5 Å². The van der Waals surface area contributed by atoms with Crippen LogP contribution in [0.1, 0.15) is 12.0 Å². The lowest BCUT2D eigenvalue weighted by molar-refractivity contribution is 1.24. The van der Waals surface area contributed by atoms with Crippen LogP contribution in [0.4, 0.5) is 0 Å². The van der Waals surface area contributed by atoms with E-state index in [2.05, 4.69) is 15.0 Å². The van der Waals surface area contributed by atoms with Gasteiger partial charge < -0.3 is 4.98 Å². The van der Waals surface area contributed by atoms with Gasteiger partial charge in [-0.25, -0.2) is 9.97 Å². The van der Waals surface area contributed by atoms with Gasteiger partial charge in [-0.05, 0) is 18.1 Å². The first kappa shape index (κ1) is 9.21. The number of pyridine rings is 1. The van der Waals surface area contributed by atoms with E-state index in [1.165, 1.54) is 0 Å². The summed E-state index contributed by atoms with van der Waals surface area (Å²) in [5.41, 5.74) is 2.77. The van der Waals surface area contributed by atoms with Gasteiger partial charge >= 0.3 is 0 Å². The molecule has 72 valence electrons. The van der Waals surface area contributed by atoms with Crippen molar-refractivity contribution in [3.8, 4) is 0 Å². The lowest BCUT2D eigenvalue weighted by Crippen LogP contribution is -1.79. The zero-order valence-corrected chi connectivity index (χ0v) is 8.33. The Balaban J connectivity index is 2.25. The van der Waals surface area contributed by atoms with E-state index in [1.807, 2.05) is 18.2 Å².